The maximum Gasteiger partial charge on any atom is 0.410 e. The molecule has 23 heavy (non-hydrogen) atoms. The number of hydrogen-bond donors (Lipinski definition) is 0. The summed E-state index contributed by atoms with van der Waals surface area (Å²) in [7, 11) is 0. The van der Waals surface area contributed by atoms with Gasteiger partial charge in [0, 0.05) is 19.6 Å². The molecule has 7 nitrogen and oxygen atoms in total. The normalized spacial score (nSPS) is 25.0. The molecular weight excluding hydrogens is 300 g/mol. The highest BCUT2D eigenvalue weighted by Gasteiger charge is 2.43. The third-order valence-corrected chi connectivity index (χ3v) is 4.07. The Morgan fingerprint density at radius 1 is 1.22 bits per heavy atom. The summed E-state index contributed by atoms with van der Waals surface area (Å²) in [5.74, 6) is -1.31. The van der Waals surface area contributed by atoms with Gasteiger partial charge in [-0.2, -0.15) is 0 Å². The van der Waals surface area contributed by atoms with Crippen molar-refractivity contribution in [3.05, 3.63) is 0 Å². The van der Waals surface area contributed by atoms with E-state index >= 15 is 0 Å². The summed E-state index contributed by atoms with van der Waals surface area (Å²) in [5, 5.41) is 0. The molecule has 2 aliphatic heterocycles. The van der Waals surface area contributed by atoms with Gasteiger partial charge in [0.1, 0.15) is 11.5 Å². The van der Waals surface area contributed by atoms with E-state index in [2.05, 4.69) is 0 Å². The lowest BCUT2D eigenvalue weighted by Crippen LogP contribution is -2.42. The largest absolute Gasteiger partial charge is 0.465 e. The smallest absolute Gasteiger partial charge is 0.410 e. The second kappa shape index (κ2) is 6.76. The molecule has 2 rings (SSSR count). The molecule has 0 saturated carbocycles. The van der Waals surface area contributed by atoms with Crippen LogP contribution in [0.2, 0.25) is 0 Å². The molecule has 1 unspecified atom stereocenters. The Labute approximate surface area is 136 Å². The van der Waals surface area contributed by atoms with Crippen molar-refractivity contribution in [3.8, 4) is 0 Å². The first-order valence-electron chi connectivity index (χ1n) is 8.18. The van der Waals surface area contributed by atoms with Crippen LogP contribution in [0.5, 0.6) is 0 Å². The summed E-state index contributed by atoms with van der Waals surface area (Å²) in [4.78, 5) is 39.6. The van der Waals surface area contributed by atoms with E-state index in [0.717, 1.165) is 0 Å². The van der Waals surface area contributed by atoms with Gasteiger partial charge >= 0.3 is 12.1 Å². The zero-order valence-corrected chi connectivity index (χ0v) is 14.3. The van der Waals surface area contributed by atoms with Gasteiger partial charge < -0.3 is 19.3 Å². The predicted molar refractivity (Wildman–Crippen MR) is 82.7 cm³/mol. The van der Waals surface area contributed by atoms with Crippen LogP contribution >= 0.6 is 0 Å². The molecule has 7 heteroatoms. The van der Waals surface area contributed by atoms with Crippen molar-refractivity contribution in [2.24, 2.45) is 5.92 Å². The van der Waals surface area contributed by atoms with Crippen molar-refractivity contribution in [1.82, 2.24) is 9.80 Å². The molecule has 0 bridgehead atoms. The Hall–Kier alpha value is -1.79. The molecule has 2 amide bonds. The number of rotatable bonds is 3. The molecule has 2 saturated heterocycles. The van der Waals surface area contributed by atoms with Crippen molar-refractivity contribution in [1.29, 1.82) is 0 Å². The zero-order chi connectivity index (χ0) is 17.2. The summed E-state index contributed by atoms with van der Waals surface area (Å²) >= 11 is 0. The van der Waals surface area contributed by atoms with Crippen LogP contribution in [-0.2, 0) is 19.1 Å². The van der Waals surface area contributed by atoms with Gasteiger partial charge in [0.15, 0.2) is 0 Å². The second-order valence-electron chi connectivity index (χ2n) is 6.99. The number of carbonyl (C=O) groups excluding carboxylic acids is 3. The van der Waals surface area contributed by atoms with Crippen LogP contribution in [0, 0.1) is 5.92 Å². The number of carbonyl (C=O) groups is 3. The molecule has 0 aromatic rings. The highest BCUT2D eigenvalue weighted by Crippen LogP contribution is 2.26. The summed E-state index contributed by atoms with van der Waals surface area (Å²) in [6.45, 7) is 9.03. The Morgan fingerprint density at radius 3 is 2.52 bits per heavy atom. The van der Waals surface area contributed by atoms with E-state index in [1.165, 1.54) is 0 Å². The van der Waals surface area contributed by atoms with E-state index < -0.39 is 17.5 Å². The van der Waals surface area contributed by atoms with Crippen molar-refractivity contribution in [2.75, 3.05) is 26.2 Å². The molecular formula is C16H26N2O5. The standard InChI is InChI=1S/C16H26N2O5/c1-5-22-14(20)12-7-9-18(13(12)19)11-6-8-17(10-11)15(21)23-16(2,3)4/h11-12H,5-10H2,1-4H3/t11-,12?/m0/s1. The Kier molecular flexibility index (Phi) is 5.16. The van der Waals surface area contributed by atoms with Crippen LogP contribution in [0.3, 0.4) is 0 Å². The maximum absolute atomic E-state index is 12.4. The molecule has 0 aromatic heterocycles. The molecule has 0 radical (unpaired) electrons. The summed E-state index contributed by atoms with van der Waals surface area (Å²) in [5.41, 5.74) is -0.534. The average molecular weight is 326 g/mol. The Morgan fingerprint density at radius 2 is 1.91 bits per heavy atom. The van der Waals surface area contributed by atoms with Gasteiger partial charge in [-0.25, -0.2) is 4.79 Å². The number of amides is 2. The number of esters is 1. The molecule has 2 aliphatic rings. The van der Waals surface area contributed by atoms with Crippen molar-refractivity contribution in [2.45, 2.75) is 52.2 Å². The minimum Gasteiger partial charge on any atom is -0.465 e. The van der Waals surface area contributed by atoms with Gasteiger partial charge in [-0.1, -0.05) is 0 Å². The van der Waals surface area contributed by atoms with Crippen molar-refractivity contribution >= 4 is 18.0 Å². The summed E-state index contributed by atoms with van der Waals surface area (Å²) in [6, 6.07) is -0.0468. The van der Waals surface area contributed by atoms with E-state index in [4.69, 9.17) is 9.47 Å². The number of likely N-dealkylation sites (tertiary alicyclic amines) is 2. The van der Waals surface area contributed by atoms with E-state index in [0.29, 0.717) is 32.5 Å². The van der Waals surface area contributed by atoms with E-state index in [-0.39, 0.29) is 24.6 Å². The first-order valence-corrected chi connectivity index (χ1v) is 8.18. The quantitative estimate of drug-likeness (QED) is 0.579. The SMILES string of the molecule is CCOC(=O)C1CCN([C@H]2CCN(C(=O)OC(C)(C)C)C2)C1=O. The third-order valence-electron chi connectivity index (χ3n) is 4.07. The van der Waals surface area contributed by atoms with E-state index in [9.17, 15) is 14.4 Å². The average Bonchev–Trinajstić information content (AvgIpc) is 3.03. The lowest BCUT2D eigenvalue weighted by molar-refractivity contribution is -0.152. The maximum atomic E-state index is 12.4. The number of hydrogen-bond acceptors (Lipinski definition) is 5. The molecule has 0 aliphatic carbocycles. The topological polar surface area (TPSA) is 76.2 Å². The monoisotopic (exact) mass is 326 g/mol. The minimum atomic E-state index is -0.689. The van der Waals surface area contributed by atoms with Crippen LogP contribution in [-0.4, -0.2) is 65.7 Å². The fraction of sp³-hybridized carbons (Fsp3) is 0.812. The van der Waals surface area contributed by atoms with E-state index in [1.54, 1.807) is 16.7 Å². The van der Waals surface area contributed by atoms with Gasteiger partial charge in [-0.15, -0.1) is 0 Å². The first kappa shape index (κ1) is 17.6. The predicted octanol–water partition coefficient (Wildman–Crippen LogP) is 1.41. The number of nitrogens with zero attached hydrogens (tertiary/aromatic N) is 2. The van der Waals surface area contributed by atoms with Gasteiger partial charge in [0.05, 0.1) is 12.6 Å². The lowest BCUT2D eigenvalue weighted by Gasteiger charge is -2.26. The highest BCUT2D eigenvalue weighted by molar-refractivity contribution is 5.99. The second-order valence-corrected chi connectivity index (χ2v) is 6.99. The van der Waals surface area contributed by atoms with Crippen LogP contribution in [0.15, 0.2) is 0 Å². The minimum absolute atomic E-state index is 0.0468. The molecule has 2 atom stereocenters. The van der Waals surface area contributed by atoms with Crippen molar-refractivity contribution < 1.29 is 23.9 Å². The van der Waals surface area contributed by atoms with Crippen LogP contribution in [0.25, 0.3) is 0 Å². The van der Waals surface area contributed by atoms with Gasteiger partial charge in [0.2, 0.25) is 5.91 Å². The summed E-state index contributed by atoms with van der Waals surface area (Å²) < 4.78 is 10.3. The van der Waals surface area contributed by atoms with Crippen LogP contribution in [0.4, 0.5) is 4.79 Å². The van der Waals surface area contributed by atoms with Crippen LogP contribution in [0.1, 0.15) is 40.5 Å². The van der Waals surface area contributed by atoms with Gasteiger partial charge in [-0.05, 0) is 40.5 Å². The van der Waals surface area contributed by atoms with Gasteiger partial charge in [0.25, 0.3) is 0 Å². The Bertz CT molecular complexity index is 485. The third kappa shape index (κ3) is 4.14. The molecule has 130 valence electrons. The fourth-order valence-electron chi connectivity index (χ4n) is 3.01. The molecule has 2 heterocycles. The highest BCUT2D eigenvalue weighted by atomic mass is 16.6. The molecule has 0 aromatic carbocycles. The van der Waals surface area contributed by atoms with Crippen LogP contribution < -0.4 is 0 Å². The lowest BCUT2D eigenvalue weighted by atomic mass is 10.1. The van der Waals surface area contributed by atoms with Crippen molar-refractivity contribution in [3.63, 3.8) is 0 Å². The van der Waals surface area contributed by atoms with Gasteiger partial charge in [-0.3, -0.25) is 9.59 Å². The number of ether oxygens (including phenoxy) is 2. The zero-order valence-electron chi connectivity index (χ0n) is 14.3. The molecule has 2 fully saturated rings. The van der Waals surface area contributed by atoms with E-state index in [1.807, 2.05) is 20.8 Å². The molecule has 0 N–H and O–H groups in total. The molecule has 0 spiro atoms. The fourth-order valence-corrected chi connectivity index (χ4v) is 3.01. The summed E-state index contributed by atoms with van der Waals surface area (Å²) in [6.07, 6.45) is 0.842. The first-order chi connectivity index (χ1) is 10.7. The Balaban J connectivity index is 1.91.